The van der Waals surface area contributed by atoms with Crippen LogP contribution in [0.2, 0.25) is 0 Å². The molecule has 4 heteroatoms. The van der Waals surface area contributed by atoms with Crippen molar-refractivity contribution in [3.63, 3.8) is 0 Å². The first-order chi connectivity index (χ1) is 9.29. The normalized spacial score (nSPS) is 18.0. The van der Waals surface area contributed by atoms with Crippen molar-refractivity contribution in [1.29, 1.82) is 5.26 Å². The standard InChI is InChI=1S/C15H21N3O/c16-13-15(17-9-4-12-19)7-10-18(11-8-15)14-5-2-1-3-6-14/h1-3,5-6,17,19H,4,7-12H2. The Morgan fingerprint density at radius 1 is 1.26 bits per heavy atom. The van der Waals surface area contributed by atoms with Gasteiger partial charge in [-0.3, -0.25) is 5.32 Å². The maximum atomic E-state index is 9.40. The number of aliphatic hydroxyl groups is 1. The van der Waals surface area contributed by atoms with Gasteiger partial charge in [0.2, 0.25) is 0 Å². The Balaban J connectivity index is 1.92. The Kier molecular flexibility index (Phi) is 4.78. The van der Waals surface area contributed by atoms with Crippen molar-refractivity contribution in [3.05, 3.63) is 30.3 Å². The van der Waals surface area contributed by atoms with Crippen molar-refractivity contribution >= 4 is 5.69 Å². The predicted octanol–water partition coefficient (Wildman–Crippen LogP) is 1.52. The summed E-state index contributed by atoms with van der Waals surface area (Å²) in [6.07, 6.45) is 2.35. The van der Waals surface area contributed by atoms with Gasteiger partial charge in [-0.15, -0.1) is 0 Å². The quantitative estimate of drug-likeness (QED) is 0.787. The number of hydrogen-bond acceptors (Lipinski definition) is 4. The number of nitriles is 1. The second kappa shape index (κ2) is 6.55. The molecule has 1 heterocycles. The van der Waals surface area contributed by atoms with E-state index in [0.29, 0.717) is 13.0 Å². The summed E-state index contributed by atoms with van der Waals surface area (Å²) < 4.78 is 0. The summed E-state index contributed by atoms with van der Waals surface area (Å²) >= 11 is 0. The Bertz CT molecular complexity index is 419. The van der Waals surface area contributed by atoms with Crippen LogP contribution in [0.5, 0.6) is 0 Å². The van der Waals surface area contributed by atoms with Crippen LogP contribution in [0.25, 0.3) is 0 Å². The summed E-state index contributed by atoms with van der Waals surface area (Å²) in [6, 6.07) is 12.8. The predicted molar refractivity (Wildman–Crippen MR) is 75.9 cm³/mol. The Morgan fingerprint density at radius 2 is 1.95 bits per heavy atom. The number of rotatable bonds is 5. The highest BCUT2D eigenvalue weighted by molar-refractivity contribution is 5.46. The number of para-hydroxylation sites is 1. The third-order valence-corrected chi connectivity index (χ3v) is 3.75. The SMILES string of the molecule is N#CC1(NCCCO)CCN(c2ccccc2)CC1. The smallest absolute Gasteiger partial charge is 0.110 e. The van der Waals surface area contributed by atoms with E-state index < -0.39 is 5.54 Å². The molecule has 1 aromatic rings. The molecule has 0 aromatic heterocycles. The summed E-state index contributed by atoms with van der Waals surface area (Å²) in [5, 5.41) is 21.5. The largest absolute Gasteiger partial charge is 0.396 e. The van der Waals surface area contributed by atoms with Crippen molar-refractivity contribution in [3.8, 4) is 6.07 Å². The van der Waals surface area contributed by atoms with E-state index in [-0.39, 0.29) is 6.61 Å². The van der Waals surface area contributed by atoms with Crippen LogP contribution in [0.3, 0.4) is 0 Å². The van der Waals surface area contributed by atoms with Crippen molar-refractivity contribution in [1.82, 2.24) is 5.32 Å². The molecule has 0 saturated carbocycles. The molecule has 0 radical (unpaired) electrons. The number of hydrogen-bond donors (Lipinski definition) is 2. The van der Waals surface area contributed by atoms with E-state index in [1.807, 2.05) is 18.2 Å². The zero-order valence-corrected chi connectivity index (χ0v) is 11.2. The van der Waals surface area contributed by atoms with E-state index in [4.69, 9.17) is 5.11 Å². The minimum Gasteiger partial charge on any atom is -0.396 e. The molecule has 2 rings (SSSR count). The molecule has 0 bridgehead atoms. The topological polar surface area (TPSA) is 59.3 Å². The molecule has 0 aliphatic carbocycles. The van der Waals surface area contributed by atoms with Gasteiger partial charge >= 0.3 is 0 Å². The fourth-order valence-electron chi connectivity index (χ4n) is 2.52. The monoisotopic (exact) mass is 259 g/mol. The van der Waals surface area contributed by atoms with Gasteiger partial charge < -0.3 is 10.0 Å². The minimum absolute atomic E-state index is 0.171. The average molecular weight is 259 g/mol. The first-order valence-corrected chi connectivity index (χ1v) is 6.87. The van der Waals surface area contributed by atoms with E-state index >= 15 is 0 Å². The lowest BCUT2D eigenvalue weighted by Crippen LogP contribution is -2.53. The molecule has 1 aliphatic rings. The second-order valence-corrected chi connectivity index (χ2v) is 5.02. The molecule has 19 heavy (non-hydrogen) atoms. The Labute approximate surface area is 114 Å². The van der Waals surface area contributed by atoms with Gasteiger partial charge in [0, 0.05) is 25.4 Å². The summed E-state index contributed by atoms with van der Waals surface area (Å²) in [4.78, 5) is 2.32. The van der Waals surface area contributed by atoms with Gasteiger partial charge in [-0.05, 0) is 37.9 Å². The van der Waals surface area contributed by atoms with Gasteiger partial charge in [-0.1, -0.05) is 18.2 Å². The van der Waals surface area contributed by atoms with Crippen molar-refractivity contribution in [2.75, 3.05) is 31.1 Å². The van der Waals surface area contributed by atoms with E-state index in [9.17, 15) is 5.26 Å². The van der Waals surface area contributed by atoms with E-state index in [1.165, 1.54) is 5.69 Å². The van der Waals surface area contributed by atoms with E-state index in [1.54, 1.807) is 0 Å². The van der Waals surface area contributed by atoms with E-state index in [0.717, 1.165) is 25.9 Å². The first kappa shape index (κ1) is 13.9. The van der Waals surface area contributed by atoms with Crippen LogP contribution in [-0.2, 0) is 0 Å². The molecule has 0 spiro atoms. The maximum Gasteiger partial charge on any atom is 0.110 e. The van der Waals surface area contributed by atoms with Gasteiger partial charge in [-0.2, -0.15) is 5.26 Å². The number of anilines is 1. The van der Waals surface area contributed by atoms with Gasteiger partial charge in [0.1, 0.15) is 5.54 Å². The Morgan fingerprint density at radius 3 is 2.53 bits per heavy atom. The summed E-state index contributed by atoms with van der Waals surface area (Å²) in [5.41, 5.74) is 0.810. The summed E-state index contributed by atoms with van der Waals surface area (Å²) in [6.45, 7) is 2.66. The molecule has 2 N–H and O–H groups in total. The highest BCUT2D eigenvalue weighted by Gasteiger charge is 2.34. The number of nitrogens with one attached hydrogen (secondary N) is 1. The molecule has 1 aromatic carbocycles. The number of nitrogens with zero attached hydrogens (tertiary/aromatic N) is 2. The second-order valence-electron chi connectivity index (χ2n) is 5.02. The van der Waals surface area contributed by atoms with Gasteiger partial charge in [0.25, 0.3) is 0 Å². The number of piperidine rings is 1. The first-order valence-electron chi connectivity index (χ1n) is 6.87. The molecular formula is C15H21N3O. The van der Waals surface area contributed by atoms with Crippen LogP contribution < -0.4 is 10.2 Å². The van der Waals surface area contributed by atoms with Crippen molar-refractivity contribution in [2.24, 2.45) is 0 Å². The highest BCUT2D eigenvalue weighted by Crippen LogP contribution is 2.25. The van der Waals surface area contributed by atoms with Gasteiger partial charge in [0.15, 0.2) is 0 Å². The third kappa shape index (κ3) is 3.46. The van der Waals surface area contributed by atoms with Crippen LogP contribution in [0, 0.1) is 11.3 Å². The fraction of sp³-hybridized carbons (Fsp3) is 0.533. The molecule has 0 unspecified atom stereocenters. The molecule has 4 nitrogen and oxygen atoms in total. The molecule has 102 valence electrons. The summed E-state index contributed by atoms with van der Waals surface area (Å²) in [7, 11) is 0. The molecule has 1 fully saturated rings. The van der Waals surface area contributed by atoms with Crippen LogP contribution in [0.15, 0.2) is 30.3 Å². The van der Waals surface area contributed by atoms with Crippen LogP contribution in [-0.4, -0.2) is 36.9 Å². The minimum atomic E-state index is -0.416. The zero-order valence-electron chi connectivity index (χ0n) is 11.2. The van der Waals surface area contributed by atoms with Crippen LogP contribution >= 0.6 is 0 Å². The van der Waals surface area contributed by atoms with Crippen molar-refractivity contribution in [2.45, 2.75) is 24.8 Å². The lowest BCUT2D eigenvalue weighted by molar-refractivity contribution is 0.268. The zero-order chi connectivity index (χ0) is 13.6. The third-order valence-electron chi connectivity index (χ3n) is 3.75. The summed E-state index contributed by atoms with van der Waals surface area (Å²) in [5.74, 6) is 0. The lowest BCUT2D eigenvalue weighted by atomic mass is 9.88. The molecule has 1 aliphatic heterocycles. The Hall–Kier alpha value is -1.57. The van der Waals surface area contributed by atoms with Gasteiger partial charge in [0.05, 0.1) is 6.07 Å². The van der Waals surface area contributed by atoms with E-state index in [2.05, 4.69) is 28.4 Å². The highest BCUT2D eigenvalue weighted by atomic mass is 16.3. The maximum absolute atomic E-state index is 9.40. The van der Waals surface area contributed by atoms with Crippen LogP contribution in [0.1, 0.15) is 19.3 Å². The number of aliphatic hydroxyl groups excluding tert-OH is 1. The fourth-order valence-corrected chi connectivity index (χ4v) is 2.52. The average Bonchev–Trinajstić information content (AvgIpc) is 2.49. The molecular weight excluding hydrogens is 238 g/mol. The lowest BCUT2D eigenvalue weighted by Gasteiger charge is -2.39. The van der Waals surface area contributed by atoms with Crippen molar-refractivity contribution < 1.29 is 5.11 Å². The number of benzene rings is 1. The van der Waals surface area contributed by atoms with Crippen LogP contribution in [0.4, 0.5) is 5.69 Å². The van der Waals surface area contributed by atoms with Gasteiger partial charge in [-0.25, -0.2) is 0 Å². The molecule has 0 atom stereocenters. The molecule has 1 saturated heterocycles. The molecule has 0 amide bonds.